The van der Waals surface area contributed by atoms with Crippen LogP contribution in [0.5, 0.6) is 0 Å². The van der Waals surface area contributed by atoms with E-state index < -0.39 is 0 Å². The molecule has 7 heteroatoms. The predicted octanol–water partition coefficient (Wildman–Crippen LogP) is 4.35. The average molecular weight is 400 g/mol. The third-order valence-electron chi connectivity index (χ3n) is 5.03. The molecule has 0 aliphatic rings. The molecule has 152 valence electrons. The third kappa shape index (κ3) is 3.61. The van der Waals surface area contributed by atoms with Crippen molar-refractivity contribution in [2.45, 2.75) is 20.8 Å². The number of benzene rings is 2. The Balaban J connectivity index is 1.83. The number of aromatic nitrogens is 4. The van der Waals surface area contributed by atoms with E-state index in [9.17, 15) is 4.79 Å². The van der Waals surface area contributed by atoms with Crippen molar-refractivity contribution >= 4 is 28.6 Å². The maximum absolute atomic E-state index is 13.2. The van der Waals surface area contributed by atoms with Gasteiger partial charge in [-0.05, 0) is 45.0 Å². The Morgan fingerprint density at radius 2 is 1.60 bits per heavy atom. The number of fused-ring (bicyclic) bond motifs is 1. The van der Waals surface area contributed by atoms with E-state index in [-0.39, 0.29) is 5.91 Å². The molecule has 4 rings (SSSR count). The van der Waals surface area contributed by atoms with Crippen LogP contribution >= 0.6 is 0 Å². The van der Waals surface area contributed by atoms with Gasteiger partial charge in [0.1, 0.15) is 11.4 Å². The minimum absolute atomic E-state index is 0.0731. The second kappa shape index (κ2) is 8.32. The normalized spacial score (nSPS) is 10.9. The topological polar surface area (TPSA) is 75.9 Å². The fraction of sp³-hybridized carbons (Fsp3) is 0.217. The summed E-state index contributed by atoms with van der Waals surface area (Å²) in [6, 6.07) is 17.4. The van der Waals surface area contributed by atoms with E-state index in [1.807, 2.05) is 75.4 Å². The van der Waals surface area contributed by atoms with Gasteiger partial charge < -0.3 is 10.2 Å². The molecule has 0 aliphatic carbocycles. The highest BCUT2D eigenvalue weighted by molar-refractivity contribution is 5.99. The van der Waals surface area contributed by atoms with Crippen LogP contribution in [0.15, 0.2) is 60.8 Å². The Morgan fingerprint density at radius 1 is 0.967 bits per heavy atom. The zero-order valence-corrected chi connectivity index (χ0v) is 17.3. The van der Waals surface area contributed by atoms with E-state index in [0.29, 0.717) is 30.3 Å². The zero-order valence-electron chi connectivity index (χ0n) is 17.3. The highest BCUT2D eigenvalue weighted by Gasteiger charge is 2.23. The Bertz CT molecular complexity index is 1180. The molecule has 0 atom stereocenters. The fourth-order valence-corrected chi connectivity index (χ4v) is 3.39. The molecule has 0 bridgehead atoms. The van der Waals surface area contributed by atoms with Crippen molar-refractivity contribution < 1.29 is 4.79 Å². The van der Waals surface area contributed by atoms with Crippen LogP contribution in [0.25, 0.3) is 16.7 Å². The van der Waals surface area contributed by atoms with Crippen LogP contribution in [0.4, 0.5) is 11.6 Å². The minimum atomic E-state index is -0.0731. The molecular formula is C23H24N6O. The van der Waals surface area contributed by atoms with Gasteiger partial charge in [0.25, 0.3) is 5.91 Å². The number of nitrogens with zero attached hydrogens (tertiary/aromatic N) is 5. The fourth-order valence-electron chi connectivity index (χ4n) is 3.39. The van der Waals surface area contributed by atoms with Crippen molar-refractivity contribution in [3.63, 3.8) is 0 Å². The molecule has 0 saturated heterocycles. The summed E-state index contributed by atoms with van der Waals surface area (Å²) < 4.78 is 1.73. The largest absolute Gasteiger partial charge is 0.339 e. The van der Waals surface area contributed by atoms with Gasteiger partial charge in [0.15, 0.2) is 5.82 Å². The predicted molar refractivity (Wildman–Crippen MR) is 118 cm³/mol. The lowest BCUT2D eigenvalue weighted by Gasteiger charge is -2.19. The van der Waals surface area contributed by atoms with Crippen LogP contribution in [0, 0.1) is 6.92 Å². The van der Waals surface area contributed by atoms with Crippen molar-refractivity contribution in [1.82, 2.24) is 24.6 Å². The van der Waals surface area contributed by atoms with E-state index in [1.165, 1.54) is 0 Å². The molecular weight excluding hydrogens is 376 g/mol. The van der Waals surface area contributed by atoms with Crippen molar-refractivity contribution in [3.8, 4) is 5.69 Å². The Hall–Kier alpha value is -3.74. The van der Waals surface area contributed by atoms with Gasteiger partial charge in [0, 0.05) is 13.1 Å². The van der Waals surface area contributed by atoms with Gasteiger partial charge in [-0.1, -0.05) is 30.3 Å². The molecule has 1 N–H and O–H groups in total. The lowest BCUT2D eigenvalue weighted by molar-refractivity contribution is 0.0774. The number of para-hydroxylation sites is 3. The molecule has 0 radical (unpaired) electrons. The van der Waals surface area contributed by atoms with Crippen LogP contribution in [-0.2, 0) is 0 Å². The van der Waals surface area contributed by atoms with Crippen molar-refractivity contribution in [1.29, 1.82) is 0 Å². The summed E-state index contributed by atoms with van der Waals surface area (Å²) in [6.45, 7) is 7.08. The number of amides is 1. The number of carbonyl (C=O) groups is 1. The van der Waals surface area contributed by atoms with Gasteiger partial charge >= 0.3 is 0 Å². The summed E-state index contributed by atoms with van der Waals surface area (Å²) in [6.07, 6.45) is 1.61. The monoisotopic (exact) mass is 400 g/mol. The maximum atomic E-state index is 13.2. The number of carbonyl (C=O) groups excluding carboxylic acids is 1. The van der Waals surface area contributed by atoms with Gasteiger partial charge in [0.2, 0.25) is 0 Å². The molecule has 0 spiro atoms. The number of nitrogens with one attached hydrogen (secondary N) is 1. The molecule has 30 heavy (non-hydrogen) atoms. The lowest BCUT2D eigenvalue weighted by Crippen LogP contribution is -2.30. The number of aryl methyl sites for hydroxylation is 1. The average Bonchev–Trinajstić information content (AvgIpc) is 3.19. The van der Waals surface area contributed by atoms with Gasteiger partial charge in [-0.2, -0.15) is 5.10 Å². The molecule has 4 aromatic rings. The Kier molecular flexibility index (Phi) is 5.43. The standard InChI is InChI=1S/C23H24N6O/c1-4-28(5-2)23(30)18-15-24-29(17-11-7-6-8-12-17)22(18)27-21-16(3)25-19-13-9-10-14-20(19)26-21/h6-15H,4-5H2,1-3H3,(H,26,27). The van der Waals surface area contributed by atoms with Crippen LogP contribution < -0.4 is 5.32 Å². The number of anilines is 2. The minimum Gasteiger partial charge on any atom is -0.339 e. The molecule has 2 aromatic carbocycles. The maximum Gasteiger partial charge on any atom is 0.259 e. The van der Waals surface area contributed by atoms with E-state index in [1.54, 1.807) is 15.8 Å². The molecule has 7 nitrogen and oxygen atoms in total. The van der Waals surface area contributed by atoms with Gasteiger partial charge in [0.05, 0.1) is 28.6 Å². The molecule has 2 heterocycles. The highest BCUT2D eigenvalue weighted by atomic mass is 16.2. The van der Waals surface area contributed by atoms with E-state index >= 15 is 0 Å². The summed E-state index contributed by atoms with van der Waals surface area (Å²) in [5, 5.41) is 7.85. The van der Waals surface area contributed by atoms with E-state index in [2.05, 4.69) is 15.4 Å². The van der Waals surface area contributed by atoms with Crippen LogP contribution in [-0.4, -0.2) is 43.6 Å². The third-order valence-corrected chi connectivity index (χ3v) is 5.03. The number of rotatable bonds is 6. The highest BCUT2D eigenvalue weighted by Crippen LogP contribution is 2.27. The Morgan fingerprint density at radius 3 is 2.27 bits per heavy atom. The number of hydrogen-bond acceptors (Lipinski definition) is 5. The Labute approximate surface area is 175 Å². The summed E-state index contributed by atoms with van der Waals surface area (Å²) >= 11 is 0. The lowest BCUT2D eigenvalue weighted by atomic mass is 10.2. The SMILES string of the molecule is CCN(CC)C(=O)c1cnn(-c2ccccc2)c1Nc1nc2ccccc2nc1C. The van der Waals surface area contributed by atoms with Gasteiger partial charge in [-0.25, -0.2) is 14.6 Å². The first kappa shape index (κ1) is 19.6. The van der Waals surface area contributed by atoms with E-state index in [0.717, 1.165) is 22.4 Å². The van der Waals surface area contributed by atoms with Crippen LogP contribution in [0.1, 0.15) is 29.9 Å². The summed E-state index contributed by atoms with van der Waals surface area (Å²) in [5.41, 5.74) is 3.71. The molecule has 0 unspecified atom stereocenters. The second-order valence-electron chi connectivity index (χ2n) is 6.90. The molecule has 2 aromatic heterocycles. The van der Waals surface area contributed by atoms with Crippen molar-refractivity contribution in [2.75, 3.05) is 18.4 Å². The van der Waals surface area contributed by atoms with Crippen LogP contribution in [0.3, 0.4) is 0 Å². The summed E-state index contributed by atoms with van der Waals surface area (Å²) in [5.74, 6) is 1.10. The van der Waals surface area contributed by atoms with Gasteiger partial charge in [-0.3, -0.25) is 4.79 Å². The molecule has 0 fully saturated rings. The molecule has 1 amide bonds. The second-order valence-corrected chi connectivity index (χ2v) is 6.90. The van der Waals surface area contributed by atoms with Crippen molar-refractivity contribution in [3.05, 3.63) is 72.1 Å². The van der Waals surface area contributed by atoms with Crippen LogP contribution in [0.2, 0.25) is 0 Å². The summed E-state index contributed by atoms with van der Waals surface area (Å²) in [4.78, 5) is 24.3. The number of hydrogen-bond donors (Lipinski definition) is 1. The quantitative estimate of drug-likeness (QED) is 0.521. The smallest absolute Gasteiger partial charge is 0.259 e. The zero-order chi connectivity index (χ0) is 21.1. The molecule has 0 saturated carbocycles. The van der Waals surface area contributed by atoms with E-state index in [4.69, 9.17) is 4.98 Å². The molecule has 0 aliphatic heterocycles. The van der Waals surface area contributed by atoms with Gasteiger partial charge in [-0.15, -0.1) is 0 Å². The summed E-state index contributed by atoms with van der Waals surface area (Å²) in [7, 11) is 0. The first-order valence-electron chi connectivity index (χ1n) is 10.1. The van der Waals surface area contributed by atoms with Crippen molar-refractivity contribution in [2.24, 2.45) is 0 Å². The first-order valence-corrected chi connectivity index (χ1v) is 10.1. The first-order chi connectivity index (χ1) is 14.6.